The molecule has 2 unspecified atom stereocenters. The number of carbonyl (C=O) groups excluding carboxylic acids is 3. The number of benzene rings is 4. The third-order valence-electron chi connectivity index (χ3n) is 7.70. The minimum atomic E-state index is -1.04. The number of nitrogens with zero attached hydrogens (tertiary/aromatic N) is 1. The fraction of sp³-hybridized carbons (Fsp3) is 0.342. The van der Waals surface area contributed by atoms with Gasteiger partial charge in [0.1, 0.15) is 23.4 Å². The van der Waals surface area contributed by atoms with E-state index in [9.17, 15) is 19.5 Å². The monoisotopic (exact) mass is 623 g/mol. The number of hydrogen-bond donors (Lipinski definition) is 3. The normalized spacial score (nSPS) is 12.7. The van der Waals surface area contributed by atoms with Crippen molar-refractivity contribution in [3.05, 3.63) is 107 Å². The number of ether oxygens (including phenoxy) is 1. The van der Waals surface area contributed by atoms with Crippen molar-refractivity contribution in [2.75, 3.05) is 11.9 Å². The quantitative estimate of drug-likeness (QED) is 0.159. The van der Waals surface area contributed by atoms with Gasteiger partial charge < -0.3 is 25.4 Å². The minimum Gasteiger partial charge on any atom is -0.508 e. The summed E-state index contributed by atoms with van der Waals surface area (Å²) in [4.78, 5) is 43.7. The van der Waals surface area contributed by atoms with Crippen LogP contribution in [-0.4, -0.2) is 46.1 Å². The highest BCUT2D eigenvalue weighted by molar-refractivity contribution is 6.00. The van der Waals surface area contributed by atoms with Crippen LogP contribution >= 0.6 is 0 Å². The van der Waals surface area contributed by atoms with Gasteiger partial charge in [-0.15, -0.1) is 0 Å². The number of anilines is 1. The van der Waals surface area contributed by atoms with Crippen LogP contribution in [-0.2, 0) is 20.7 Å². The van der Waals surface area contributed by atoms with Crippen LogP contribution in [0.1, 0.15) is 68.8 Å². The van der Waals surface area contributed by atoms with Gasteiger partial charge >= 0.3 is 6.09 Å². The average Bonchev–Trinajstić information content (AvgIpc) is 2.99. The number of amides is 3. The van der Waals surface area contributed by atoms with Crippen molar-refractivity contribution in [2.24, 2.45) is 0 Å². The van der Waals surface area contributed by atoms with E-state index in [2.05, 4.69) is 10.6 Å². The molecule has 0 fully saturated rings. The molecule has 4 aromatic rings. The number of rotatable bonds is 11. The molecule has 3 N–H and O–H groups in total. The molecule has 0 aliphatic heterocycles. The first-order chi connectivity index (χ1) is 21.8. The van der Waals surface area contributed by atoms with Crippen molar-refractivity contribution in [1.82, 2.24) is 10.2 Å². The molecule has 0 saturated carbocycles. The van der Waals surface area contributed by atoms with Crippen molar-refractivity contribution >= 4 is 34.4 Å². The molecule has 2 atom stereocenters. The summed E-state index contributed by atoms with van der Waals surface area (Å²) in [5.74, 6) is -0.671. The number of hydrogen-bond acceptors (Lipinski definition) is 5. The van der Waals surface area contributed by atoms with E-state index in [0.29, 0.717) is 24.2 Å². The van der Waals surface area contributed by atoms with Gasteiger partial charge in [0.2, 0.25) is 5.91 Å². The van der Waals surface area contributed by atoms with Crippen LogP contribution in [0.3, 0.4) is 0 Å². The van der Waals surface area contributed by atoms with Crippen molar-refractivity contribution in [3.63, 3.8) is 0 Å². The summed E-state index contributed by atoms with van der Waals surface area (Å²) >= 11 is 0. The lowest BCUT2D eigenvalue weighted by molar-refractivity contribution is -0.140. The Balaban J connectivity index is 1.77. The Morgan fingerprint density at radius 3 is 2.24 bits per heavy atom. The van der Waals surface area contributed by atoms with Gasteiger partial charge in [0.05, 0.1) is 0 Å². The third-order valence-corrected chi connectivity index (χ3v) is 7.70. The molecule has 242 valence electrons. The number of aromatic hydroxyl groups is 1. The molecule has 4 aromatic carbocycles. The van der Waals surface area contributed by atoms with Crippen LogP contribution in [0.25, 0.3) is 10.8 Å². The largest absolute Gasteiger partial charge is 0.508 e. The predicted octanol–water partition coefficient (Wildman–Crippen LogP) is 7.61. The minimum absolute atomic E-state index is 0.0940. The lowest BCUT2D eigenvalue weighted by atomic mass is 9.95. The van der Waals surface area contributed by atoms with E-state index in [1.54, 1.807) is 37.8 Å². The molecule has 0 saturated heterocycles. The molecule has 8 nitrogen and oxygen atoms in total. The van der Waals surface area contributed by atoms with Gasteiger partial charge in [0, 0.05) is 18.7 Å². The highest BCUT2D eigenvalue weighted by Gasteiger charge is 2.37. The van der Waals surface area contributed by atoms with E-state index >= 15 is 0 Å². The molecular weight excluding hydrogens is 578 g/mol. The number of alkyl carbamates (subject to hydrolysis) is 1. The molecule has 8 heteroatoms. The summed E-state index contributed by atoms with van der Waals surface area (Å²) in [7, 11) is 0. The van der Waals surface area contributed by atoms with E-state index in [1.165, 1.54) is 12.1 Å². The van der Waals surface area contributed by atoms with Crippen LogP contribution in [0.4, 0.5) is 10.5 Å². The maximum absolute atomic E-state index is 14.7. The zero-order chi connectivity index (χ0) is 33.4. The van der Waals surface area contributed by atoms with Crippen LogP contribution in [0.5, 0.6) is 5.75 Å². The van der Waals surface area contributed by atoms with E-state index in [-0.39, 0.29) is 18.1 Å². The third kappa shape index (κ3) is 9.10. The number of fused-ring (bicyclic) bond motifs is 1. The van der Waals surface area contributed by atoms with E-state index in [1.807, 2.05) is 81.4 Å². The lowest BCUT2D eigenvalue weighted by Gasteiger charge is -2.35. The van der Waals surface area contributed by atoms with Crippen LogP contribution in [0, 0.1) is 13.8 Å². The number of phenols is 1. The number of aryl methyl sites for hydroxylation is 2. The van der Waals surface area contributed by atoms with Crippen molar-refractivity contribution in [2.45, 2.75) is 78.5 Å². The molecule has 0 aromatic heterocycles. The smallest absolute Gasteiger partial charge is 0.408 e. The number of phenolic OH excluding ortho intramolecular Hbond substituents is 1. The number of carbonyl (C=O) groups is 3. The van der Waals surface area contributed by atoms with Crippen LogP contribution in [0.15, 0.2) is 84.9 Å². The lowest BCUT2D eigenvalue weighted by Crippen LogP contribution is -2.53. The first kappa shape index (κ1) is 34.0. The number of nitrogens with one attached hydrogen (secondary N) is 2. The van der Waals surface area contributed by atoms with Crippen molar-refractivity contribution in [3.8, 4) is 5.75 Å². The summed E-state index contributed by atoms with van der Waals surface area (Å²) in [5, 5.41) is 17.7. The first-order valence-electron chi connectivity index (χ1n) is 15.8. The van der Waals surface area contributed by atoms with Gasteiger partial charge in [-0.1, -0.05) is 79.6 Å². The SMILES string of the molecule is CCCCN(C(=O)C(Cc1ccc(O)cc1)NC(=O)OC(C)(C)C)C(C(=O)Nc1ccc2ccccc2c1)c1ccc(C)cc1C. The highest BCUT2D eigenvalue weighted by atomic mass is 16.6. The molecule has 3 amide bonds. The molecule has 0 aliphatic carbocycles. The van der Waals surface area contributed by atoms with Crippen LogP contribution in [0.2, 0.25) is 0 Å². The van der Waals surface area contributed by atoms with E-state index in [4.69, 9.17) is 4.74 Å². The van der Waals surface area contributed by atoms with Gasteiger partial charge in [0.25, 0.3) is 5.91 Å². The summed E-state index contributed by atoms with van der Waals surface area (Å²) in [6.07, 6.45) is 0.836. The summed E-state index contributed by atoms with van der Waals surface area (Å²) in [6, 6.07) is 23.9. The average molecular weight is 624 g/mol. The van der Waals surface area contributed by atoms with Gasteiger partial charge in [-0.05, 0) is 92.8 Å². The molecule has 0 heterocycles. The fourth-order valence-electron chi connectivity index (χ4n) is 5.47. The summed E-state index contributed by atoms with van der Waals surface area (Å²) < 4.78 is 5.54. The van der Waals surface area contributed by atoms with Gasteiger partial charge in [-0.3, -0.25) is 9.59 Å². The van der Waals surface area contributed by atoms with Crippen molar-refractivity contribution in [1.29, 1.82) is 0 Å². The van der Waals surface area contributed by atoms with Gasteiger partial charge in [-0.25, -0.2) is 4.79 Å². The molecule has 0 bridgehead atoms. The second-order valence-corrected chi connectivity index (χ2v) is 12.8. The first-order valence-corrected chi connectivity index (χ1v) is 15.8. The topological polar surface area (TPSA) is 108 Å². The zero-order valence-electron chi connectivity index (χ0n) is 27.6. The number of unbranched alkanes of at least 4 members (excludes halogenated alkanes) is 1. The zero-order valence-corrected chi connectivity index (χ0v) is 27.6. The van der Waals surface area contributed by atoms with Crippen molar-refractivity contribution < 1.29 is 24.2 Å². The summed E-state index contributed by atoms with van der Waals surface area (Å²) in [6.45, 7) is 11.5. The van der Waals surface area contributed by atoms with Gasteiger partial charge in [0.15, 0.2) is 0 Å². The second-order valence-electron chi connectivity index (χ2n) is 12.8. The molecule has 0 aliphatic rings. The fourth-order valence-corrected chi connectivity index (χ4v) is 5.47. The highest BCUT2D eigenvalue weighted by Crippen LogP contribution is 2.29. The molecule has 0 radical (unpaired) electrons. The molecular formula is C38H45N3O5. The Bertz CT molecular complexity index is 1680. The molecule has 0 spiro atoms. The molecule has 46 heavy (non-hydrogen) atoms. The van der Waals surface area contributed by atoms with E-state index < -0.39 is 29.7 Å². The molecule has 4 rings (SSSR count). The van der Waals surface area contributed by atoms with E-state index in [0.717, 1.165) is 33.9 Å². The Morgan fingerprint density at radius 2 is 1.59 bits per heavy atom. The Labute approximate surface area is 271 Å². The van der Waals surface area contributed by atoms with Gasteiger partial charge in [-0.2, -0.15) is 0 Å². The Morgan fingerprint density at radius 1 is 0.891 bits per heavy atom. The van der Waals surface area contributed by atoms with Crippen LogP contribution < -0.4 is 10.6 Å². The summed E-state index contributed by atoms with van der Waals surface area (Å²) in [5.41, 5.74) is 3.19. The Kier molecular flexibility index (Phi) is 11.1. The maximum atomic E-state index is 14.7. The Hall–Kier alpha value is -4.85. The second kappa shape index (κ2) is 15.0. The standard InChI is InChI=1S/C38H45N3O5/c1-7-8-21-41(36(44)33(40-37(45)46-38(4,5)6)23-27-14-18-31(42)19-15-27)34(32-20-13-25(2)22-26(32)3)35(43)39-30-17-16-28-11-9-10-12-29(28)24-30/h9-20,22,24,33-34,42H,7-8,21,23H2,1-6H3,(H,39,43)(H,40,45). The predicted molar refractivity (Wildman–Crippen MR) is 183 cm³/mol. The maximum Gasteiger partial charge on any atom is 0.408 e.